The van der Waals surface area contributed by atoms with Crippen molar-refractivity contribution in [3.63, 3.8) is 0 Å². The van der Waals surface area contributed by atoms with Crippen molar-refractivity contribution in [2.24, 2.45) is 5.92 Å². The molecule has 1 amide bonds. The molecule has 1 aromatic carbocycles. The van der Waals surface area contributed by atoms with Gasteiger partial charge in [-0.3, -0.25) is 4.79 Å². The lowest BCUT2D eigenvalue weighted by molar-refractivity contribution is 0.0686. The van der Waals surface area contributed by atoms with E-state index in [-0.39, 0.29) is 24.0 Å². The molecule has 7 heteroatoms. The zero-order valence-electron chi connectivity index (χ0n) is 13.3. The number of nitrogens with zero attached hydrogens (tertiary/aromatic N) is 2. The Hall–Kier alpha value is -2.44. The van der Waals surface area contributed by atoms with Crippen molar-refractivity contribution < 1.29 is 22.8 Å². The van der Waals surface area contributed by atoms with Crippen molar-refractivity contribution in [1.29, 1.82) is 0 Å². The molecule has 1 aliphatic rings. The van der Waals surface area contributed by atoms with Crippen molar-refractivity contribution in [3.8, 4) is 5.75 Å². The van der Waals surface area contributed by atoms with Gasteiger partial charge in [-0.05, 0) is 30.9 Å². The quantitative estimate of drug-likeness (QED) is 0.859. The Kier molecular flexibility index (Phi) is 4.78. The van der Waals surface area contributed by atoms with Crippen LogP contribution < -0.4 is 4.74 Å². The summed E-state index contributed by atoms with van der Waals surface area (Å²) in [5.74, 6) is -1.43. The van der Waals surface area contributed by atoms with Crippen LogP contribution in [0.2, 0.25) is 0 Å². The van der Waals surface area contributed by atoms with Gasteiger partial charge in [-0.25, -0.2) is 8.78 Å². The second kappa shape index (κ2) is 6.98. The van der Waals surface area contributed by atoms with E-state index < -0.39 is 17.4 Å². The third-order valence-electron chi connectivity index (χ3n) is 4.13. The molecule has 1 fully saturated rings. The molecule has 128 valence electrons. The van der Waals surface area contributed by atoms with Crippen LogP contribution in [0.4, 0.5) is 8.78 Å². The van der Waals surface area contributed by atoms with Crippen LogP contribution in [-0.4, -0.2) is 29.1 Å². The summed E-state index contributed by atoms with van der Waals surface area (Å²) in [7, 11) is 0. The first kappa shape index (κ1) is 16.4. The Labute approximate surface area is 138 Å². The molecule has 2 aromatic rings. The fourth-order valence-corrected chi connectivity index (χ4v) is 2.62. The number of halogens is 2. The number of para-hydroxylation sites is 1. The van der Waals surface area contributed by atoms with E-state index >= 15 is 0 Å². The number of hydrogen-bond donors (Lipinski definition) is 0. The Balaban J connectivity index is 1.62. The Morgan fingerprint density at radius 3 is 2.67 bits per heavy atom. The van der Waals surface area contributed by atoms with Gasteiger partial charge in [0.15, 0.2) is 28.8 Å². The third-order valence-corrected chi connectivity index (χ3v) is 4.13. The third kappa shape index (κ3) is 3.55. The van der Waals surface area contributed by atoms with Gasteiger partial charge in [0.05, 0.1) is 0 Å². The van der Waals surface area contributed by atoms with Crippen molar-refractivity contribution in [3.05, 3.63) is 47.4 Å². The SMILES string of the molecule is CC1CCN(C(=O)c2cc(COc3c(F)cccc3F)on2)CC1. The molecule has 2 heterocycles. The summed E-state index contributed by atoms with van der Waals surface area (Å²) in [6.07, 6.45) is 1.93. The number of piperidine rings is 1. The molecule has 24 heavy (non-hydrogen) atoms. The second-order valence-electron chi connectivity index (χ2n) is 5.99. The normalized spacial score (nSPS) is 15.5. The van der Waals surface area contributed by atoms with Gasteiger partial charge in [-0.2, -0.15) is 0 Å². The Bertz CT molecular complexity index is 704. The summed E-state index contributed by atoms with van der Waals surface area (Å²) in [5, 5.41) is 3.73. The molecule has 0 N–H and O–H groups in total. The first-order chi connectivity index (χ1) is 11.5. The molecule has 0 spiro atoms. The van der Waals surface area contributed by atoms with Crippen LogP contribution in [0, 0.1) is 17.6 Å². The number of hydrogen-bond acceptors (Lipinski definition) is 4. The van der Waals surface area contributed by atoms with Gasteiger partial charge >= 0.3 is 0 Å². The smallest absolute Gasteiger partial charge is 0.276 e. The molecule has 0 radical (unpaired) electrons. The predicted octanol–water partition coefficient (Wildman–Crippen LogP) is 3.40. The molecule has 0 saturated carbocycles. The summed E-state index contributed by atoms with van der Waals surface area (Å²) in [4.78, 5) is 14.1. The minimum absolute atomic E-state index is 0.178. The minimum atomic E-state index is -0.798. The lowest BCUT2D eigenvalue weighted by Crippen LogP contribution is -2.38. The van der Waals surface area contributed by atoms with Gasteiger partial charge in [0, 0.05) is 19.2 Å². The van der Waals surface area contributed by atoms with Crippen LogP contribution in [0.1, 0.15) is 36.0 Å². The summed E-state index contributed by atoms with van der Waals surface area (Å²) in [6.45, 7) is 3.34. The number of aromatic nitrogens is 1. The van der Waals surface area contributed by atoms with Crippen LogP contribution in [0.3, 0.4) is 0 Å². The van der Waals surface area contributed by atoms with Gasteiger partial charge in [0.25, 0.3) is 5.91 Å². The number of ether oxygens (including phenoxy) is 1. The number of amides is 1. The average Bonchev–Trinajstić information content (AvgIpc) is 3.03. The van der Waals surface area contributed by atoms with Crippen molar-refractivity contribution in [2.75, 3.05) is 13.1 Å². The second-order valence-corrected chi connectivity index (χ2v) is 5.99. The fraction of sp³-hybridized carbons (Fsp3) is 0.412. The van der Waals surface area contributed by atoms with Crippen molar-refractivity contribution in [1.82, 2.24) is 10.1 Å². The van der Waals surface area contributed by atoms with E-state index in [4.69, 9.17) is 9.26 Å². The predicted molar refractivity (Wildman–Crippen MR) is 81.5 cm³/mol. The highest BCUT2D eigenvalue weighted by Gasteiger charge is 2.24. The van der Waals surface area contributed by atoms with Gasteiger partial charge in [0.2, 0.25) is 0 Å². The topological polar surface area (TPSA) is 55.6 Å². The van der Waals surface area contributed by atoms with Gasteiger partial charge < -0.3 is 14.2 Å². The molecule has 1 aliphatic heterocycles. The maximum atomic E-state index is 13.5. The molecule has 0 unspecified atom stereocenters. The van der Waals surface area contributed by atoms with Crippen LogP contribution >= 0.6 is 0 Å². The summed E-state index contributed by atoms with van der Waals surface area (Å²) >= 11 is 0. The fourth-order valence-electron chi connectivity index (χ4n) is 2.62. The summed E-state index contributed by atoms with van der Waals surface area (Å²) < 4.78 is 37.1. The Morgan fingerprint density at radius 1 is 1.33 bits per heavy atom. The number of rotatable bonds is 4. The van der Waals surface area contributed by atoms with E-state index in [0.717, 1.165) is 25.0 Å². The molecule has 0 aliphatic carbocycles. The first-order valence-electron chi connectivity index (χ1n) is 7.86. The van der Waals surface area contributed by atoms with E-state index in [1.54, 1.807) is 4.90 Å². The van der Waals surface area contributed by atoms with E-state index in [2.05, 4.69) is 12.1 Å². The van der Waals surface area contributed by atoms with Crippen LogP contribution in [0.25, 0.3) is 0 Å². The molecule has 1 aromatic heterocycles. The number of likely N-dealkylation sites (tertiary alicyclic amines) is 1. The molecular weight excluding hydrogens is 318 g/mol. The molecule has 5 nitrogen and oxygen atoms in total. The van der Waals surface area contributed by atoms with E-state index in [9.17, 15) is 13.6 Å². The van der Waals surface area contributed by atoms with Gasteiger partial charge in [-0.15, -0.1) is 0 Å². The van der Waals surface area contributed by atoms with E-state index in [1.807, 2.05) is 0 Å². The highest BCUT2D eigenvalue weighted by atomic mass is 19.1. The maximum absolute atomic E-state index is 13.5. The highest BCUT2D eigenvalue weighted by molar-refractivity contribution is 5.92. The lowest BCUT2D eigenvalue weighted by Gasteiger charge is -2.29. The molecule has 1 saturated heterocycles. The van der Waals surface area contributed by atoms with Crippen LogP contribution in [0.15, 0.2) is 28.8 Å². The summed E-state index contributed by atoms with van der Waals surface area (Å²) in [5.41, 5.74) is 0.178. The minimum Gasteiger partial charge on any atom is -0.479 e. The maximum Gasteiger partial charge on any atom is 0.276 e. The zero-order valence-corrected chi connectivity index (χ0v) is 13.3. The number of carbonyl (C=O) groups excluding carboxylic acids is 1. The zero-order chi connectivity index (χ0) is 17.1. The standard InChI is InChI=1S/C17H18F2N2O3/c1-11-5-7-21(8-6-11)17(22)15-9-12(24-20-15)10-23-16-13(18)3-2-4-14(16)19/h2-4,9,11H,5-8,10H2,1H3. The van der Waals surface area contributed by atoms with Gasteiger partial charge in [0.1, 0.15) is 6.61 Å². The average molecular weight is 336 g/mol. The first-order valence-corrected chi connectivity index (χ1v) is 7.86. The lowest BCUT2D eigenvalue weighted by atomic mass is 9.99. The molecular formula is C17H18F2N2O3. The van der Waals surface area contributed by atoms with Crippen molar-refractivity contribution >= 4 is 5.91 Å². The molecule has 0 bridgehead atoms. The molecule has 0 atom stereocenters. The number of carbonyl (C=O) groups is 1. The molecule has 3 rings (SSSR count). The largest absolute Gasteiger partial charge is 0.479 e. The van der Waals surface area contributed by atoms with Crippen LogP contribution in [-0.2, 0) is 6.61 Å². The Morgan fingerprint density at radius 2 is 2.00 bits per heavy atom. The number of benzene rings is 1. The van der Waals surface area contributed by atoms with E-state index in [0.29, 0.717) is 19.0 Å². The van der Waals surface area contributed by atoms with E-state index in [1.165, 1.54) is 12.1 Å². The van der Waals surface area contributed by atoms with Gasteiger partial charge in [-0.1, -0.05) is 18.1 Å². The van der Waals surface area contributed by atoms with Crippen molar-refractivity contribution in [2.45, 2.75) is 26.4 Å². The summed E-state index contributed by atoms with van der Waals surface area (Å²) in [6, 6.07) is 4.90. The highest BCUT2D eigenvalue weighted by Crippen LogP contribution is 2.22. The van der Waals surface area contributed by atoms with Crippen LogP contribution in [0.5, 0.6) is 5.75 Å². The monoisotopic (exact) mass is 336 g/mol.